The molecule has 0 aromatic rings. The summed E-state index contributed by atoms with van der Waals surface area (Å²) >= 11 is 0. The highest BCUT2D eigenvalue weighted by molar-refractivity contribution is 5.79. The number of carboxylic acids is 1. The van der Waals surface area contributed by atoms with Gasteiger partial charge in [0.15, 0.2) is 0 Å². The molecule has 3 heteroatoms. The summed E-state index contributed by atoms with van der Waals surface area (Å²) in [5.74, 6) is -0.899. The molecule has 0 saturated carbocycles. The maximum absolute atomic E-state index is 9.98. The van der Waals surface area contributed by atoms with Gasteiger partial charge in [-0.1, -0.05) is 6.08 Å². The lowest BCUT2D eigenvalue weighted by Crippen LogP contribution is -2.01. The van der Waals surface area contributed by atoms with E-state index < -0.39 is 5.97 Å². The molecule has 0 radical (unpaired) electrons. The number of carbonyl (C=O) groups is 1. The minimum Gasteiger partial charge on any atom is -0.478 e. The number of hydrogen-bond donors (Lipinski definition) is 1. The minimum absolute atomic E-state index is 0.0635. The van der Waals surface area contributed by atoms with Crippen molar-refractivity contribution >= 4 is 5.97 Å². The number of epoxide rings is 1. The summed E-state index contributed by atoms with van der Waals surface area (Å²) in [6.45, 7) is 2.70. The highest BCUT2D eigenvalue weighted by atomic mass is 16.6. The van der Waals surface area contributed by atoms with Gasteiger partial charge in [-0.25, -0.2) is 4.79 Å². The van der Waals surface area contributed by atoms with Crippen molar-refractivity contribution in [2.75, 3.05) is 6.61 Å². The first-order valence-electron chi connectivity index (χ1n) is 3.16. The highest BCUT2D eigenvalue weighted by Crippen LogP contribution is 2.29. The van der Waals surface area contributed by atoms with Crippen LogP contribution in [0.1, 0.15) is 13.3 Å². The van der Waals surface area contributed by atoms with Gasteiger partial charge in [0.05, 0.1) is 12.2 Å². The van der Waals surface area contributed by atoms with E-state index in [1.165, 1.54) is 0 Å². The van der Waals surface area contributed by atoms with Crippen molar-refractivity contribution in [2.24, 2.45) is 0 Å². The number of hydrogen-bond acceptors (Lipinski definition) is 2. The fourth-order valence-corrected chi connectivity index (χ4v) is 0.650. The summed E-state index contributed by atoms with van der Waals surface area (Å²) in [5.41, 5.74) is -0.0635. The molecule has 0 spiro atoms. The Bertz CT molecular complexity index is 168. The Hall–Kier alpha value is -0.830. The molecule has 1 aliphatic rings. The fraction of sp³-hybridized carbons (Fsp3) is 0.571. The maximum Gasteiger partial charge on any atom is 0.327 e. The highest BCUT2D eigenvalue weighted by Gasteiger charge is 2.37. The largest absolute Gasteiger partial charge is 0.478 e. The number of ether oxygens (including phenoxy) is 1. The average Bonchev–Trinajstić information content (AvgIpc) is 2.47. The van der Waals surface area contributed by atoms with Crippen molar-refractivity contribution in [1.82, 2.24) is 0 Å². The Labute approximate surface area is 59.3 Å². The number of aliphatic carboxylic acids is 1. The molecule has 1 saturated heterocycles. The van der Waals surface area contributed by atoms with Crippen LogP contribution in [0, 0.1) is 0 Å². The molecule has 1 atom stereocenters. The van der Waals surface area contributed by atoms with Crippen LogP contribution in [0.2, 0.25) is 0 Å². The summed E-state index contributed by atoms with van der Waals surface area (Å²) in [7, 11) is 0. The third-order valence-electron chi connectivity index (χ3n) is 1.45. The van der Waals surface area contributed by atoms with E-state index in [0.29, 0.717) is 6.42 Å². The first-order valence-corrected chi connectivity index (χ1v) is 3.16. The van der Waals surface area contributed by atoms with Crippen LogP contribution in [0.25, 0.3) is 0 Å². The van der Waals surface area contributed by atoms with Gasteiger partial charge in [-0.05, 0) is 13.3 Å². The van der Waals surface area contributed by atoms with Crippen LogP contribution < -0.4 is 0 Å². The molecular formula is C7H10O3. The molecule has 1 aliphatic heterocycles. The third-order valence-corrected chi connectivity index (χ3v) is 1.45. The summed E-state index contributed by atoms with van der Waals surface area (Å²) in [6.07, 6.45) is 3.46. The molecule has 10 heavy (non-hydrogen) atoms. The fourth-order valence-electron chi connectivity index (χ4n) is 0.650. The molecule has 56 valence electrons. The van der Waals surface area contributed by atoms with Gasteiger partial charge in [0, 0.05) is 6.08 Å². The standard InChI is InChI=1S/C7H10O3/c1-7(5-10-7)4-2-3-6(8)9/h2-3H,4-5H2,1H3,(H,8,9). The molecule has 1 rings (SSSR count). The lowest BCUT2D eigenvalue weighted by molar-refractivity contribution is -0.131. The van der Waals surface area contributed by atoms with E-state index in [2.05, 4.69) is 0 Å². The van der Waals surface area contributed by atoms with Gasteiger partial charge >= 0.3 is 5.97 Å². The van der Waals surface area contributed by atoms with Crippen molar-refractivity contribution in [3.63, 3.8) is 0 Å². The molecule has 0 aliphatic carbocycles. The predicted molar refractivity (Wildman–Crippen MR) is 35.7 cm³/mol. The lowest BCUT2D eigenvalue weighted by atomic mass is 10.1. The van der Waals surface area contributed by atoms with E-state index in [1.54, 1.807) is 6.08 Å². The topological polar surface area (TPSA) is 49.8 Å². The van der Waals surface area contributed by atoms with Crippen LogP contribution in [0.3, 0.4) is 0 Å². The number of carboxylic acid groups (broad SMARTS) is 1. The number of rotatable bonds is 3. The van der Waals surface area contributed by atoms with Crippen LogP contribution in [-0.2, 0) is 9.53 Å². The van der Waals surface area contributed by atoms with Crippen molar-refractivity contribution < 1.29 is 14.6 Å². The Morgan fingerprint density at radius 1 is 1.90 bits per heavy atom. The van der Waals surface area contributed by atoms with E-state index in [0.717, 1.165) is 12.7 Å². The maximum atomic E-state index is 9.98. The summed E-state index contributed by atoms with van der Waals surface area (Å²) in [4.78, 5) is 9.98. The Balaban J connectivity index is 2.21. The monoisotopic (exact) mass is 142 g/mol. The van der Waals surface area contributed by atoms with Gasteiger partial charge in [0.25, 0.3) is 0 Å². The van der Waals surface area contributed by atoms with Crippen molar-refractivity contribution in [3.05, 3.63) is 12.2 Å². The Morgan fingerprint density at radius 2 is 2.50 bits per heavy atom. The molecule has 3 nitrogen and oxygen atoms in total. The van der Waals surface area contributed by atoms with Crippen LogP contribution >= 0.6 is 0 Å². The smallest absolute Gasteiger partial charge is 0.327 e. The first-order chi connectivity index (χ1) is 4.62. The second kappa shape index (κ2) is 2.42. The molecule has 1 fully saturated rings. The molecule has 0 amide bonds. The van der Waals surface area contributed by atoms with Gasteiger partial charge < -0.3 is 9.84 Å². The van der Waals surface area contributed by atoms with E-state index >= 15 is 0 Å². The quantitative estimate of drug-likeness (QED) is 0.468. The van der Waals surface area contributed by atoms with E-state index in [9.17, 15) is 4.79 Å². The lowest BCUT2D eigenvalue weighted by Gasteiger charge is -1.95. The first kappa shape index (κ1) is 7.28. The van der Waals surface area contributed by atoms with Gasteiger partial charge in [-0.2, -0.15) is 0 Å². The van der Waals surface area contributed by atoms with Crippen LogP contribution in [0.5, 0.6) is 0 Å². The zero-order valence-corrected chi connectivity index (χ0v) is 5.83. The summed E-state index contributed by atoms with van der Waals surface area (Å²) < 4.78 is 5.03. The SMILES string of the molecule is CC1(CC=CC(=O)O)CO1. The van der Waals surface area contributed by atoms with Gasteiger partial charge in [0.1, 0.15) is 0 Å². The predicted octanol–water partition coefficient (Wildman–Crippen LogP) is 0.806. The molecule has 1 unspecified atom stereocenters. The average molecular weight is 142 g/mol. The molecular weight excluding hydrogens is 132 g/mol. The second-order valence-corrected chi connectivity index (χ2v) is 2.68. The van der Waals surface area contributed by atoms with Crippen molar-refractivity contribution in [3.8, 4) is 0 Å². The molecule has 0 bridgehead atoms. The third kappa shape index (κ3) is 2.19. The normalized spacial score (nSPS) is 30.9. The Kier molecular flexibility index (Phi) is 1.76. The molecule has 0 aromatic heterocycles. The summed E-state index contributed by atoms with van der Waals surface area (Å²) in [5, 5.41) is 8.20. The van der Waals surface area contributed by atoms with E-state index in [4.69, 9.17) is 9.84 Å². The Morgan fingerprint density at radius 3 is 2.90 bits per heavy atom. The molecule has 1 heterocycles. The van der Waals surface area contributed by atoms with Crippen molar-refractivity contribution in [1.29, 1.82) is 0 Å². The molecule has 1 N–H and O–H groups in total. The van der Waals surface area contributed by atoms with Crippen LogP contribution in [0.4, 0.5) is 0 Å². The van der Waals surface area contributed by atoms with E-state index in [1.807, 2.05) is 6.92 Å². The second-order valence-electron chi connectivity index (χ2n) is 2.68. The van der Waals surface area contributed by atoms with Gasteiger partial charge in [0.2, 0.25) is 0 Å². The van der Waals surface area contributed by atoms with Gasteiger partial charge in [-0.3, -0.25) is 0 Å². The zero-order valence-electron chi connectivity index (χ0n) is 5.83. The summed E-state index contributed by atoms with van der Waals surface area (Å²) in [6, 6.07) is 0. The van der Waals surface area contributed by atoms with Crippen molar-refractivity contribution in [2.45, 2.75) is 18.9 Å². The zero-order chi connectivity index (χ0) is 7.61. The van der Waals surface area contributed by atoms with Gasteiger partial charge in [-0.15, -0.1) is 0 Å². The van der Waals surface area contributed by atoms with Crippen LogP contribution in [-0.4, -0.2) is 23.3 Å². The van der Waals surface area contributed by atoms with E-state index in [-0.39, 0.29) is 5.60 Å². The minimum atomic E-state index is -0.899. The molecule has 0 aromatic carbocycles. The van der Waals surface area contributed by atoms with Crippen LogP contribution in [0.15, 0.2) is 12.2 Å².